The summed E-state index contributed by atoms with van der Waals surface area (Å²) in [5.41, 5.74) is 1.16. The Hall–Kier alpha value is -2.48. The number of rotatable bonds is 8. The minimum Gasteiger partial charge on any atom is -0.445 e. The average molecular weight is 363 g/mol. The summed E-state index contributed by atoms with van der Waals surface area (Å²) in [5, 5.41) is 31.5. The number of ether oxygens (including phenoxy) is 1. The topological polar surface area (TPSA) is 99.0 Å². The molecule has 0 fully saturated rings. The summed E-state index contributed by atoms with van der Waals surface area (Å²) in [6.07, 6.45) is -3.07. The summed E-state index contributed by atoms with van der Waals surface area (Å²) < 4.78 is 18.7. The van der Waals surface area contributed by atoms with Gasteiger partial charge < -0.3 is 25.4 Å². The van der Waals surface area contributed by atoms with Crippen molar-refractivity contribution in [1.29, 1.82) is 0 Å². The predicted octanol–water partition coefficient (Wildman–Crippen LogP) is 2.03. The van der Waals surface area contributed by atoms with Gasteiger partial charge in [-0.1, -0.05) is 42.5 Å². The largest absolute Gasteiger partial charge is 0.445 e. The summed E-state index contributed by atoms with van der Waals surface area (Å²) >= 11 is 0. The first kappa shape index (κ1) is 19.8. The molecule has 2 unspecified atom stereocenters. The molecule has 0 spiro atoms. The van der Waals surface area contributed by atoms with Crippen molar-refractivity contribution < 1.29 is 29.2 Å². The molecule has 0 heterocycles. The Morgan fingerprint density at radius 1 is 1.15 bits per heavy atom. The summed E-state index contributed by atoms with van der Waals surface area (Å²) in [5.74, 6) is -0.654. The second-order valence-corrected chi connectivity index (χ2v) is 5.80. The number of benzene rings is 2. The lowest BCUT2D eigenvalue weighted by Crippen LogP contribution is -2.29. The SMILES string of the molecule is O=C(NCCC(O)C(O)c1ccc(CO)c(F)c1)OCc1ccccc1. The molecule has 0 saturated heterocycles. The summed E-state index contributed by atoms with van der Waals surface area (Å²) in [7, 11) is 0. The van der Waals surface area contributed by atoms with Crippen molar-refractivity contribution in [2.45, 2.75) is 31.8 Å². The van der Waals surface area contributed by atoms with Crippen molar-refractivity contribution in [2.24, 2.45) is 0 Å². The van der Waals surface area contributed by atoms with Crippen LogP contribution >= 0.6 is 0 Å². The van der Waals surface area contributed by atoms with E-state index in [4.69, 9.17) is 9.84 Å². The maximum Gasteiger partial charge on any atom is 0.407 e. The number of hydrogen-bond acceptors (Lipinski definition) is 5. The van der Waals surface area contributed by atoms with Gasteiger partial charge in [0, 0.05) is 12.1 Å². The smallest absolute Gasteiger partial charge is 0.407 e. The third-order valence-electron chi connectivity index (χ3n) is 3.88. The number of amides is 1. The Kier molecular flexibility index (Phi) is 7.53. The van der Waals surface area contributed by atoms with E-state index >= 15 is 0 Å². The standard InChI is InChI=1S/C19H22FNO5/c20-16-10-14(6-7-15(16)11-22)18(24)17(23)8-9-21-19(25)26-12-13-4-2-1-3-5-13/h1-7,10,17-18,22-24H,8-9,11-12H2,(H,21,25). The van der Waals surface area contributed by atoms with Crippen molar-refractivity contribution in [3.8, 4) is 0 Å². The van der Waals surface area contributed by atoms with E-state index in [1.165, 1.54) is 12.1 Å². The fraction of sp³-hybridized carbons (Fsp3) is 0.316. The Morgan fingerprint density at radius 2 is 1.88 bits per heavy atom. The Morgan fingerprint density at radius 3 is 2.54 bits per heavy atom. The van der Waals surface area contributed by atoms with Crippen LogP contribution in [0.5, 0.6) is 0 Å². The molecular formula is C19H22FNO5. The van der Waals surface area contributed by atoms with Crippen molar-refractivity contribution in [1.82, 2.24) is 5.32 Å². The highest BCUT2D eigenvalue weighted by molar-refractivity contribution is 5.67. The molecule has 0 radical (unpaired) electrons. The van der Waals surface area contributed by atoms with Gasteiger partial charge in [0.25, 0.3) is 0 Å². The molecule has 2 atom stereocenters. The van der Waals surface area contributed by atoms with Gasteiger partial charge in [0.2, 0.25) is 0 Å². The number of alkyl carbamates (subject to hydrolysis) is 1. The number of halogens is 1. The monoisotopic (exact) mass is 363 g/mol. The highest BCUT2D eigenvalue weighted by atomic mass is 19.1. The van der Waals surface area contributed by atoms with Gasteiger partial charge in [-0.3, -0.25) is 0 Å². The van der Waals surface area contributed by atoms with Gasteiger partial charge in [-0.2, -0.15) is 0 Å². The van der Waals surface area contributed by atoms with E-state index in [9.17, 15) is 19.4 Å². The number of hydrogen-bond donors (Lipinski definition) is 4. The van der Waals surface area contributed by atoms with E-state index < -0.39 is 30.7 Å². The molecule has 0 aliphatic rings. The molecule has 140 valence electrons. The van der Waals surface area contributed by atoms with Gasteiger partial charge in [0.15, 0.2) is 0 Å². The molecule has 0 aliphatic carbocycles. The van der Waals surface area contributed by atoms with Crippen LogP contribution in [-0.4, -0.2) is 34.1 Å². The molecule has 2 rings (SSSR count). The van der Waals surface area contributed by atoms with Crippen LogP contribution in [0.3, 0.4) is 0 Å². The van der Waals surface area contributed by atoms with Crippen LogP contribution in [-0.2, 0) is 18.0 Å². The summed E-state index contributed by atoms with van der Waals surface area (Å²) in [4.78, 5) is 11.6. The van der Waals surface area contributed by atoms with Crippen molar-refractivity contribution in [3.05, 3.63) is 71.0 Å². The normalized spacial score (nSPS) is 13.1. The van der Waals surface area contributed by atoms with Crippen LogP contribution in [0.2, 0.25) is 0 Å². The summed E-state index contributed by atoms with van der Waals surface area (Å²) in [6.45, 7) is -0.225. The molecule has 7 heteroatoms. The first-order valence-electron chi connectivity index (χ1n) is 8.21. The number of carbonyl (C=O) groups excluding carboxylic acids is 1. The number of aliphatic hydroxyl groups is 3. The molecule has 0 saturated carbocycles. The van der Waals surface area contributed by atoms with E-state index in [-0.39, 0.29) is 30.7 Å². The molecule has 0 bridgehead atoms. The van der Waals surface area contributed by atoms with E-state index in [0.717, 1.165) is 11.6 Å². The van der Waals surface area contributed by atoms with Crippen LogP contribution in [0, 0.1) is 5.82 Å². The fourth-order valence-electron chi connectivity index (χ4n) is 2.35. The number of carbonyl (C=O) groups is 1. The van der Waals surface area contributed by atoms with Crippen LogP contribution in [0.1, 0.15) is 29.2 Å². The second-order valence-electron chi connectivity index (χ2n) is 5.80. The van der Waals surface area contributed by atoms with E-state index in [2.05, 4.69) is 5.32 Å². The third-order valence-corrected chi connectivity index (χ3v) is 3.88. The van der Waals surface area contributed by atoms with Gasteiger partial charge in [-0.05, 0) is 23.6 Å². The molecule has 4 N–H and O–H groups in total. The molecule has 6 nitrogen and oxygen atoms in total. The van der Waals surface area contributed by atoms with Gasteiger partial charge in [-0.15, -0.1) is 0 Å². The Bertz CT molecular complexity index is 710. The second kappa shape index (κ2) is 9.86. The van der Waals surface area contributed by atoms with Gasteiger partial charge >= 0.3 is 6.09 Å². The van der Waals surface area contributed by atoms with Crippen LogP contribution in [0.15, 0.2) is 48.5 Å². The van der Waals surface area contributed by atoms with E-state index in [1.54, 1.807) is 0 Å². The lowest BCUT2D eigenvalue weighted by molar-refractivity contribution is 0.0134. The van der Waals surface area contributed by atoms with Gasteiger partial charge in [0.05, 0.1) is 12.7 Å². The fourth-order valence-corrected chi connectivity index (χ4v) is 2.35. The summed E-state index contributed by atoms with van der Waals surface area (Å²) in [6, 6.07) is 13.0. The zero-order chi connectivity index (χ0) is 18.9. The zero-order valence-electron chi connectivity index (χ0n) is 14.1. The minimum absolute atomic E-state index is 0.0605. The molecule has 1 amide bonds. The third kappa shape index (κ3) is 5.80. The maximum absolute atomic E-state index is 13.6. The lowest BCUT2D eigenvalue weighted by Gasteiger charge is -2.19. The quantitative estimate of drug-likeness (QED) is 0.575. The number of aliphatic hydroxyl groups excluding tert-OH is 3. The zero-order valence-corrected chi connectivity index (χ0v) is 14.1. The van der Waals surface area contributed by atoms with Crippen molar-refractivity contribution in [3.63, 3.8) is 0 Å². The molecule has 0 aliphatic heterocycles. The molecular weight excluding hydrogens is 341 g/mol. The lowest BCUT2D eigenvalue weighted by atomic mass is 10.0. The van der Waals surface area contributed by atoms with Crippen LogP contribution in [0.4, 0.5) is 9.18 Å². The highest BCUT2D eigenvalue weighted by Gasteiger charge is 2.19. The Labute approximate surface area is 150 Å². The molecule has 2 aromatic carbocycles. The van der Waals surface area contributed by atoms with Gasteiger partial charge in [0.1, 0.15) is 18.5 Å². The highest BCUT2D eigenvalue weighted by Crippen LogP contribution is 2.21. The minimum atomic E-state index is -1.31. The maximum atomic E-state index is 13.6. The molecule has 0 aromatic heterocycles. The average Bonchev–Trinajstić information content (AvgIpc) is 2.66. The van der Waals surface area contributed by atoms with Gasteiger partial charge in [-0.25, -0.2) is 9.18 Å². The molecule has 26 heavy (non-hydrogen) atoms. The molecule has 2 aromatic rings. The van der Waals surface area contributed by atoms with E-state index in [0.29, 0.717) is 0 Å². The van der Waals surface area contributed by atoms with Crippen LogP contribution < -0.4 is 5.32 Å². The Balaban J connectivity index is 1.74. The number of nitrogens with one attached hydrogen (secondary N) is 1. The van der Waals surface area contributed by atoms with Crippen LogP contribution in [0.25, 0.3) is 0 Å². The predicted molar refractivity (Wildman–Crippen MR) is 92.5 cm³/mol. The first-order chi connectivity index (χ1) is 12.5. The van der Waals surface area contributed by atoms with Crippen molar-refractivity contribution in [2.75, 3.05) is 6.54 Å². The van der Waals surface area contributed by atoms with Crippen molar-refractivity contribution >= 4 is 6.09 Å². The first-order valence-corrected chi connectivity index (χ1v) is 8.21. The van der Waals surface area contributed by atoms with E-state index in [1.807, 2.05) is 30.3 Å².